The number of aliphatic imine (C=N–C) groups is 1. The maximum atomic E-state index is 13.5. The van der Waals surface area contributed by atoms with Gasteiger partial charge < -0.3 is 20.4 Å². The van der Waals surface area contributed by atoms with Crippen molar-refractivity contribution >= 4 is 80.1 Å². The highest BCUT2D eigenvalue weighted by Gasteiger charge is 2.44. The standard InChI is InChI=1S/C38H46Cl2N6O4S2/c1-21(2)31-29(43-37(39)51-31)35(49)45-19-5-7-27(45)33(47)41-25-15-11-23(12-16-25)9-10-24-13-17-26(18-14-24)42-34(48)28-8-6-20-46(28)36(50)30-32(22(3)4)52-38(40)44-30/h11-13,15-18,21-22,24,27-28,30,32H,5-10,14,19-20H2,1-4H3,(H,41,47)(H,42,48)/t24?,27-,28-,30?,32+/m0/s1. The summed E-state index contributed by atoms with van der Waals surface area (Å²) in [7, 11) is 0. The first-order chi connectivity index (χ1) is 24.9. The van der Waals surface area contributed by atoms with Crippen LogP contribution in [0.2, 0.25) is 4.47 Å². The van der Waals surface area contributed by atoms with Crippen LogP contribution in [0.15, 0.2) is 53.2 Å². The summed E-state index contributed by atoms with van der Waals surface area (Å²) in [6, 6.07) is 6.23. The molecule has 1 aromatic carbocycles. The van der Waals surface area contributed by atoms with E-state index in [0.29, 0.717) is 52.2 Å². The molecule has 4 amide bonds. The van der Waals surface area contributed by atoms with Crippen LogP contribution in [-0.2, 0) is 20.8 Å². The second-order valence-corrected chi connectivity index (χ2v) is 17.9. The summed E-state index contributed by atoms with van der Waals surface area (Å²) in [6.07, 6.45) is 11.5. The van der Waals surface area contributed by atoms with Crippen LogP contribution >= 0.6 is 46.3 Å². The number of nitrogens with zero attached hydrogens (tertiary/aromatic N) is 4. The quantitative estimate of drug-likeness (QED) is 0.245. The Morgan fingerprint density at radius 1 is 0.942 bits per heavy atom. The predicted molar refractivity (Wildman–Crippen MR) is 210 cm³/mol. The van der Waals surface area contributed by atoms with Crippen LogP contribution in [0.4, 0.5) is 5.69 Å². The molecule has 0 bridgehead atoms. The van der Waals surface area contributed by atoms with Crippen LogP contribution in [0, 0.1) is 11.8 Å². The molecule has 3 aliphatic heterocycles. The minimum Gasteiger partial charge on any atom is -0.329 e. The largest absolute Gasteiger partial charge is 0.329 e. The average molecular weight is 786 g/mol. The third kappa shape index (κ3) is 8.77. The normalized spacial score (nSPS) is 24.4. The van der Waals surface area contributed by atoms with Gasteiger partial charge in [0.1, 0.15) is 23.8 Å². The number of allylic oxidation sites excluding steroid dienone is 3. The molecule has 5 atom stereocenters. The Bertz CT molecular complexity index is 1770. The number of hydrogen-bond acceptors (Lipinski definition) is 8. The molecule has 1 aromatic heterocycles. The van der Waals surface area contributed by atoms with Crippen molar-refractivity contribution < 1.29 is 19.2 Å². The Morgan fingerprint density at radius 2 is 1.62 bits per heavy atom. The number of hydrogen-bond donors (Lipinski definition) is 2. The van der Waals surface area contributed by atoms with E-state index in [4.69, 9.17) is 23.2 Å². The van der Waals surface area contributed by atoms with E-state index in [9.17, 15) is 19.2 Å². The van der Waals surface area contributed by atoms with Crippen molar-refractivity contribution in [2.75, 3.05) is 18.4 Å². The molecule has 278 valence electrons. The molecular formula is C38H46Cl2N6O4S2. The number of nitrogens with one attached hydrogen (secondary N) is 2. The Kier molecular flexibility index (Phi) is 12.5. The van der Waals surface area contributed by atoms with Crippen molar-refractivity contribution in [2.45, 2.75) is 102 Å². The number of halogens is 2. The van der Waals surface area contributed by atoms with Crippen molar-refractivity contribution in [1.82, 2.24) is 20.1 Å². The fourth-order valence-electron chi connectivity index (χ4n) is 7.36. The van der Waals surface area contributed by atoms with Gasteiger partial charge in [-0.05, 0) is 86.5 Å². The predicted octanol–water partition coefficient (Wildman–Crippen LogP) is 7.40. The number of likely N-dealkylation sites (tertiary alicyclic amines) is 2. The zero-order valence-electron chi connectivity index (χ0n) is 29.9. The van der Waals surface area contributed by atoms with Gasteiger partial charge in [-0.2, -0.15) is 0 Å². The number of rotatable bonds is 11. The van der Waals surface area contributed by atoms with E-state index >= 15 is 0 Å². The van der Waals surface area contributed by atoms with Gasteiger partial charge in [-0.3, -0.25) is 24.2 Å². The molecule has 2 aromatic rings. The van der Waals surface area contributed by atoms with E-state index in [-0.39, 0.29) is 40.7 Å². The van der Waals surface area contributed by atoms with Crippen LogP contribution in [-0.4, -0.2) is 79.4 Å². The number of aromatic nitrogens is 1. The van der Waals surface area contributed by atoms with Crippen LogP contribution in [0.5, 0.6) is 0 Å². The van der Waals surface area contributed by atoms with Crippen LogP contribution in [0.25, 0.3) is 0 Å². The minimum absolute atomic E-state index is 0.0235. The molecule has 6 rings (SSSR count). The average Bonchev–Trinajstić information content (AvgIpc) is 3.94. The Hall–Kier alpha value is -3.19. The van der Waals surface area contributed by atoms with Gasteiger partial charge in [0.25, 0.3) is 5.91 Å². The molecule has 0 spiro atoms. The van der Waals surface area contributed by atoms with E-state index in [1.165, 1.54) is 23.1 Å². The van der Waals surface area contributed by atoms with E-state index in [1.54, 1.807) is 9.80 Å². The molecule has 52 heavy (non-hydrogen) atoms. The number of aryl methyl sites for hydroxylation is 1. The first-order valence-electron chi connectivity index (χ1n) is 18.2. The van der Waals surface area contributed by atoms with E-state index in [0.717, 1.165) is 48.2 Å². The summed E-state index contributed by atoms with van der Waals surface area (Å²) in [6.45, 7) is 9.18. The summed E-state index contributed by atoms with van der Waals surface area (Å²) >= 11 is 15.1. The zero-order chi connectivity index (χ0) is 37.1. The van der Waals surface area contributed by atoms with Crippen LogP contribution in [0.3, 0.4) is 0 Å². The lowest BCUT2D eigenvalue weighted by Crippen LogP contribution is -2.50. The topological polar surface area (TPSA) is 124 Å². The first kappa shape index (κ1) is 38.5. The smallest absolute Gasteiger partial charge is 0.274 e. The third-order valence-electron chi connectivity index (χ3n) is 10.2. The van der Waals surface area contributed by atoms with Crippen molar-refractivity contribution in [2.24, 2.45) is 16.8 Å². The summed E-state index contributed by atoms with van der Waals surface area (Å²) in [4.78, 5) is 66.4. The Balaban J connectivity index is 0.959. The summed E-state index contributed by atoms with van der Waals surface area (Å²) in [5.41, 5.74) is 2.96. The lowest BCUT2D eigenvalue weighted by molar-refractivity contribution is -0.139. The van der Waals surface area contributed by atoms with Crippen molar-refractivity contribution in [1.29, 1.82) is 0 Å². The van der Waals surface area contributed by atoms with Crippen molar-refractivity contribution in [3.63, 3.8) is 0 Å². The SMILES string of the molecule is CC(C)c1sc(Cl)nc1C(=O)N1CCC[C@H]1C(=O)Nc1ccc(CCC2C=CC(NC(=O)[C@@H]3CCCN3C(=O)C3N=C(Cl)S[C@@H]3C(C)C)=CC2)cc1. The van der Waals surface area contributed by atoms with E-state index in [1.807, 2.05) is 44.2 Å². The number of benzene rings is 1. The number of carbonyl (C=O) groups excluding carboxylic acids is 4. The molecule has 14 heteroatoms. The van der Waals surface area contributed by atoms with Gasteiger partial charge in [-0.1, -0.05) is 86.9 Å². The highest BCUT2D eigenvalue weighted by atomic mass is 35.5. The highest BCUT2D eigenvalue weighted by molar-refractivity contribution is 8.17. The summed E-state index contributed by atoms with van der Waals surface area (Å²) in [5, 5.41) is 6.03. The van der Waals surface area contributed by atoms with Crippen molar-refractivity contribution in [3.8, 4) is 0 Å². The molecule has 0 radical (unpaired) electrons. The molecule has 10 nitrogen and oxygen atoms in total. The van der Waals surface area contributed by atoms with Crippen molar-refractivity contribution in [3.05, 3.63) is 68.8 Å². The van der Waals surface area contributed by atoms with Gasteiger partial charge in [0.2, 0.25) is 17.7 Å². The number of thiazole rings is 1. The van der Waals surface area contributed by atoms with Gasteiger partial charge in [0.05, 0.1) is 0 Å². The number of anilines is 1. The molecule has 2 N–H and O–H groups in total. The number of thioether (sulfide) groups is 1. The van der Waals surface area contributed by atoms with Gasteiger partial charge >= 0.3 is 0 Å². The summed E-state index contributed by atoms with van der Waals surface area (Å²) in [5.74, 6) is -0.0552. The molecule has 2 saturated heterocycles. The molecule has 4 heterocycles. The minimum atomic E-state index is -0.559. The highest BCUT2D eigenvalue weighted by Crippen LogP contribution is 2.36. The molecule has 2 fully saturated rings. The van der Waals surface area contributed by atoms with Gasteiger partial charge in [0, 0.05) is 34.6 Å². The lowest BCUT2D eigenvalue weighted by Gasteiger charge is -2.29. The Labute approximate surface area is 323 Å². The first-order valence-corrected chi connectivity index (χ1v) is 20.6. The van der Waals surface area contributed by atoms with Gasteiger partial charge in [0.15, 0.2) is 8.97 Å². The fourth-order valence-corrected chi connectivity index (χ4v) is 9.87. The molecule has 2 unspecified atom stereocenters. The summed E-state index contributed by atoms with van der Waals surface area (Å²) < 4.78 is 0.742. The number of amides is 4. The maximum absolute atomic E-state index is 13.5. The second-order valence-electron chi connectivity index (χ2n) is 14.6. The Morgan fingerprint density at radius 3 is 2.27 bits per heavy atom. The second kappa shape index (κ2) is 16.9. The van der Waals surface area contributed by atoms with Crippen LogP contribution in [0.1, 0.15) is 93.1 Å². The monoisotopic (exact) mass is 784 g/mol. The lowest BCUT2D eigenvalue weighted by atomic mass is 9.92. The van der Waals surface area contributed by atoms with Gasteiger partial charge in [-0.15, -0.1) is 11.3 Å². The molecular weight excluding hydrogens is 739 g/mol. The molecule has 4 aliphatic rings. The number of carbonyl (C=O) groups is 4. The maximum Gasteiger partial charge on any atom is 0.274 e. The third-order valence-corrected chi connectivity index (χ3v) is 13.4. The van der Waals surface area contributed by atoms with E-state index in [2.05, 4.69) is 46.6 Å². The fraction of sp³-hybridized carbons (Fsp3) is 0.526. The van der Waals surface area contributed by atoms with E-state index < -0.39 is 18.1 Å². The van der Waals surface area contributed by atoms with Gasteiger partial charge in [-0.25, -0.2) is 4.98 Å². The molecule has 1 aliphatic carbocycles. The zero-order valence-corrected chi connectivity index (χ0v) is 33.1. The van der Waals surface area contributed by atoms with Crippen LogP contribution < -0.4 is 10.6 Å². The molecule has 0 saturated carbocycles.